The van der Waals surface area contributed by atoms with E-state index < -0.39 is 6.04 Å². The minimum absolute atomic E-state index is 0.191. The van der Waals surface area contributed by atoms with Crippen LogP contribution in [0.15, 0.2) is 30.3 Å². The van der Waals surface area contributed by atoms with E-state index >= 15 is 0 Å². The average Bonchev–Trinajstić information content (AvgIpc) is 2.44. The molecular formula is C14H19NO4. The highest BCUT2D eigenvalue weighted by Crippen LogP contribution is 2.15. The van der Waals surface area contributed by atoms with Crippen molar-refractivity contribution in [2.45, 2.75) is 25.4 Å². The summed E-state index contributed by atoms with van der Waals surface area (Å²) in [6, 6.07) is 8.44. The maximum atomic E-state index is 11.8. The molecule has 1 aromatic carbocycles. The predicted octanol–water partition coefficient (Wildman–Crippen LogP) is 1.44. The molecule has 0 heterocycles. The van der Waals surface area contributed by atoms with Gasteiger partial charge in [0.1, 0.15) is 6.04 Å². The first-order valence-electron chi connectivity index (χ1n) is 6.04. The molecule has 0 saturated heterocycles. The van der Waals surface area contributed by atoms with Gasteiger partial charge < -0.3 is 9.47 Å². The summed E-state index contributed by atoms with van der Waals surface area (Å²) in [5, 5.41) is 3.07. The number of hydrogen-bond donors (Lipinski definition) is 1. The zero-order chi connectivity index (χ0) is 14.3. The smallest absolute Gasteiger partial charge is 0.327 e. The van der Waals surface area contributed by atoms with E-state index in [9.17, 15) is 9.59 Å². The third-order valence-corrected chi connectivity index (χ3v) is 2.72. The molecule has 0 aliphatic heterocycles. The molecule has 2 unspecified atom stereocenters. The largest absolute Gasteiger partial charge is 0.469 e. The lowest BCUT2D eigenvalue weighted by molar-refractivity contribution is -0.145. The summed E-state index contributed by atoms with van der Waals surface area (Å²) in [4.78, 5) is 23.0. The molecular weight excluding hydrogens is 246 g/mol. The second-order valence-electron chi connectivity index (χ2n) is 4.21. The molecule has 19 heavy (non-hydrogen) atoms. The monoisotopic (exact) mass is 265 g/mol. The molecule has 0 fully saturated rings. The molecule has 0 amide bonds. The molecule has 2 atom stereocenters. The van der Waals surface area contributed by atoms with Crippen molar-refractivity contribution < 1.29 is 19.1 Å². The Bertz CT molecular complexity index is 419. The van der Waals surface area contributed by atoms with Crippen molar-refractivity contribution in [2.24, 2.45) is 0 Å². The van der Waals surface area contributed by atoms with Gasteiger partial charge in [0.2, 0.25) is 0 Å². The Balaban J connectivity index is 2.76. The van der Waals surface area contributed by atoms with Gasteiger partial charge in [-0.15, -0.1) is 0 Å². The highest BCUT2D eigenvalue weighted by Gasteiger charge is 2.23. The molecule has 0 aliphatic rings. The number of benzene rings is 1. The van der Waals surface area contributed by atoms with Gasteiger partial charge in [-0.2, -0.15) is 0 Å². The van der Waals surface area contributed by atoms with Crippen LogP contribution in [-0.2, 0) is 19.1 Å². The van der Waals surface area contributed by atoms with Crippen molar-refractivity contribution in [1.29, 1.82) is 0 Å². The second kappa shape index (κ2) is 7.53. The summed E-state index contributed by atoms with van der Waals surface area (Å²) >= 11 is 0. The number of carbonyl (C=O) groups is 2. The Morgan fingerprint density at radius 1 is 1.16 bits per heavy atom. The van der Waals surface area contributed by atoms with Crippen molar-refractivity contribution in [1.82, 2.24) is 5.32 Å². The summed E-state index contributed by atoms with van der Waals surface area (Å²) in [5.74, 6) is -0.709. The summed E-state index contributed by atoms with van der Waals surface area (Å²) < 4.78 is 9.38. The highest BCUT2D eigenvalue weighted by molar-refractivity contribution is 5.77. The number of ether oxygens (including phenoxy) is 2. The van der Waals surface area contributed by atoms with Gasteiger partial charge in [0.15, 0.2) is 0 Å². The molecule has 1 rings (SSSR count). The number of methoxy groups -OCH3 is 2. The van der Waals surface area contributed by atoms with Crippen LogP contribution in [0.25, 0.3) is 0 Å². The second-order valence-corrected chi connectivity index (χ2v) is 4.21. The molecule has 0 aromatic heterocycles. The fourth-order valence-corrected chi connectivity index (χ4v) is 1.74. The molecule has 0 radical (unpaired) electrons. The van der Waals surface area contributed by atoms with Crippen molar-refractivity contribution in [2.75, 3.05) is 14.2 Å². The first-order chi connectivity index (χ1) is 9.08. The molecule has 0 saturated carbocycles. The maximum absolute atomic E-state index is 11.8. The third kappa shape index (κ3) is 4.71. The van der Waals surface area contributed by atoms with Crippen LogP contribution in [0.4, 0.5) is 0 Å². The number of nitrogens with one attached hydrogen (secondary N) is 1. The Labute approximate surface area is 112 Å². The van der Waals surface area contributed by atoms with Crippen molar-refractivity contribution >= 4 is 11.9 Å². The Morgan fingerprint density at radius 2 is 1.79 bits per heavy atom. The van der Waals surface area contributed by atoms with Gasteiger partial charge in [-0.25, -0.2) is 4.79 Å². The van der Waals surface area contributed by atoms with E-state index in [0.717, 1.165) is 5.56 Å². The van der Waals surface area contributed by atoms with Gasteiger partial charge in [0.25, 0.3) is 0 Å². The van der Waals surface area contributed by atoms with Gasteiger partial charge >= 0.3 is 11.9 Å². The normalized spacial score (nSPS) is 13.4. The summed E-state index contributed by atoms with van der Waals surface area (Å²) in [6.45, 7) is 1.82. The van der Waals surface area contributed by atoms with E-state index in [4.69, 9.17) is 4.74 Å². The van der Waals surface area contributed by atoms with Crippen molar-refractivity contribution in [3.05, 3.63) is 35.9 Å². The van der Waals surface area contributed by atoms with E-state index in [1.165, 1.54) is 14.2 Å². The maximum Gasteiger partial charge on any atom is 0.327 e. The van der Waals surface area contributed by atoms with Gasteiger partial charge in [-0.3, -0.25) is 10.1 Å². The van der Waals surface area contributed by atoms with E-state index in [1.807, 2.05) is 37.3 Å². The Hall–Kier alpha value is -1.88. The fourth-order valence-electron chi connectivity index (χ4n) is 1.74. The standard InChI is InChI=1S/C14H19NO4/c1-10(9-12(16)18-2)15-13(14(17)19-3)11-7-5-4-6-8-11/h4-8,10,13,15H,9H2,1-3H3. The number of hydrogen-bond acceptors (Lipinski definition) is 5. The zero-order valence-electron chi connectivity index (χ0n) is 11.4. The lowest BCUT2D eigenvalue weighted by atomic mass is 10.1. The molecule has 0 spiro atoms. The van der Waals surface area contributed by atoms with Gasteiger partial charge in [0, 0.05) is 6.04 Å². The molecule has 5 heteroatoms. The van der Waals surface area contributed by atoms with Gasteiger partial charge in [-0.1, -0.05) is 30.3 Å². The topological polar surface area (TPSA) is 64.6 Å². The van der Waals surface area contributed by atoms with Crippen LogP contribution in [0.1, 0.15) is 24.9 Å². The Kier molecular flexibility index (Phi) is 6.02. The summed E-state index contributed by atoms with van der Waals surface area (Å²) in [7, 11) is 2.68. The van der Waals surface area contributed by atoms with E-state index in [0.29, 0.717) is 0 Å². The third-order valence-electron chi connectivity index (χ3n) is 2.72. The number of esters is 2. The molecule has 0 bridgehead atoms. The number of carbonyl (C=O) groups excluding carboxylic acids is 2. The quantitative estimate of drug-likeness (QED) is 0.788. The van der Waals surface area contributed by atoms with Crippen molar-refractivity contribution in [3.63, 3.8) is 0 Å². The SMILES string of the molecule is COC(=O)CC(C)NC(C(=O)OC)c1ccccc1. The molecule has 104 valence electrons. The highest BCUT2D eigenvalue weighted by atomic mass is 16.5. The van der Waals surface area contributed by atoms with Crippen LogP contribution in [0.5, 0.6) is 0 Å². The zero-order valence-corrected chi connectivity index (χ0v) is 11.4. The van der Waals surface area contributed by atoms with Crippen LogP contribution in [-0.4, -0.2) is 32.2 Å². The van der Waals surface area contributed by atoms with Gasteiger partial charge in [0.05, 0.1) is 20.6 Å². The Morgan fingerprint density at radius 3 is 2.32 bits per heavy atom. The first kappa shape index (κ1) is 15.2. The lowest BCUT2D eigenvalue weighted by Crippen LogP contribution is -2.37. The van der Waals surface area contributed by atoms with Crippen LogP contribution in [0.3, 0.4) is 0 Å². The van der Waals surface area contributed by atoms with Crippen LogP contribution < -0.4 is 5.32 Å². The van der Waals surface area contributed by atoms with Crippen LogP contribution >= 0.6 is 0 Å². The summed E-state index contributed by atoms with van der Waals surface area (Å²) in [5.41, 5.74) is 0.797. The predicted molar refractivity (Wildman–Crippen MR) is 70.4 cm³/mol. The molecule has 0 aliphatic carbocycles. The fraction of sp³-hybridized carbons (Fsp3) is 0.429. The van der Waals surface area contributed by atoms with E-state index in [1.54, 1.807) is 0 Å². The lowest BCUT2D eigenvalue weighted by Gasteiger charge is -2.21. The minimum atomic E-state index is -0.592. The first-order valence-corrected chi connectivity index (χ1v) is 6.04. The average molecular weight is 265 g/mol. The molecule has 1 N–H and O–H groups in total. The minimum Gasteiger partial charge on any atom is -0.469 e. The number of rotatable bonds is 6. The van der Waals surface area contributed by atoms with Crippen molar-refractivity contribution in [3.8, 4) is 0 Å². The van der Waals surface area contributed by atoms with Crippen LogP contribution in [0, 0.1) is 0 Å². The summed E-state index contributed by atoms with van der Waals surface area (Å²) in [6.07, 6.45) is 0.191. The molecule has 5 nitrogen and oxygen atoms in total. The van der Waals surface area contributed by atoms with E-state index in [-0.39, 0.29) is 24.4 Å². The van der Waals surface area contributed by atoms with Crippen LogP contribution in [0.2, 0.25) is 0 Å². The van der Waals surface area contributed by atoms with Gasteiger partial charge in [-0.05, 0) is 12.5 Å². The van der Waals surface area contributed by atoms with E-state index in [2.05, 4.69) is 10.1 Å². The molecule has 1 aromatic rings.